The second-order valence-corrected chi connectivity index (χ2v) is 4.47. The van der Waals surface area contributed by atoms with Crippen molar-refractivity contribution in [2.24, 2.45) is 0 Å². The zero-order valence-electron chi connectivity index (χ0n) is 8.78. The minimum atomic E-state index is -0.497. The minimum absolute atomic E-state index is 0.497. The molecule has 0 aliphatic heterocycles. The summed E-state index contributed by atoms with van der Waals surface area (Å²) in [5, 5.41) is 10.2. The quantitative estimate of drug-likeness (QED) is 0.767. The lowest BCUT2D eigenvalue weighted by atomic mass is 9.93. The summed E-state index contributed by atoms with van der Waals surface area (Å²) >= 11 is 0. The van der Waals surface area contributed by atoms with Crippen LogP contribution in [0, 0.1) is 0 Å². The maximum atomic E-state index is 10.5. The molecular formula is C13H16O2. The van der Waals surface area contributed by atoms with Crippen molar-refractivity contribution in [3.05, 3.63) is 35.4 Å². The number of rotatable bonds is 3. The van der Waals surface area contributed by atoms with Crippen LogP contribution in [-0.2, 0) is 6.42 Å². The first kappa shape index (κ1) is 10.4. The fraction of sp³-hybridized carbons (Fsp3) is 0.462. The van der Waals surface area contributed by atoms with Crippen molar-refractivity contribution in [3.63, 3.8) is 0 Å². The highest BCUT2D eigenvalue weighted by Gasteiger charge is 2.30. The minimum Gasteiger partial charge on any atom is -0.390 e. The Kier molecular flexibility index (Phi) is 2.87. The van der Waals surface area contributed by atoms with Gasteiger partial charge in [-0.15, -0.1) is 0 Å². The zero-order chi connectivity index (χ0) is 10.7. The summed E-state index contributed by atoms with van der Waals surface area (Å²) in [5.74, 6) is 0. The predicted octanol–water partition coefficient (Wildman–Crippen LogP) is 2.35. The second-order valence-electron chi connectivity index (χ2n) is 4.47. The Bertz CT molecular complexity index is 334. The van der Waals surface area contributed by atoms with Crippen LogP contribution in [0.4, 0.5) is 0 Å². The molecule has 1 N–H and O–H groups in total. The second kappa shape index (κ2) is 4.15. The van der Waals surface area contributed by atoms with Gasteiger partial charge in [0.1, 0.15) is 6.29 Å². The highest BCUT2D eigenvalue weighted by Crippen LogP contribution is 2.32. The van der Waals surface area contributed by atoms with E-state index in [1.807, 2.05) is 12.1 Å². The first-order valence-electron chi connectivity index (χ1n) is 5.48. The highest BCUT2D eigenvalue weighted by atomic mass is 16.3. The molecule has 1 aromatic carbocycles. The first-order chi connectivity index (χ1) is 7.22. The number of carbonyl (C=O) groups excluding carboxylic acids is 1. The number of aldehydes is 1. The Morgan fingerprint density at radius 3 is 2.33 bits per heavy atom. The van der Waals surface area contributed by atoms with E-state index in [1.54, 1.807) is 12.1 Å². The van der Waals surface area contributed by atoms with E-state index in [9.17, 15) is 9.90 Å². The summed E-state index contributed by atoms with van der Waals surface area (Å²) < 4.78 is 0. The maximum Gasteiger partial charge on any atom is 0.150 e. The molecule has 0 amide bonds. The van der Waals surface area contributed by atoms with Crippen molar-refractivity contribution in [2.45, 2.75) is 37.7 Å². The van der Waals surface area contributed by atoms with E-state index in [0.29, 0.717) is 12.0 Å². The van der Waals surface area contributed by atoms with Crippen LogP contribution < -0.4 is 0 Å². The summed E-state index contributed by atoms with van der Waals surface area (Å²) in [6.07, 6.45) is 5.62. The summed E-state index contributed by atoms with van der Waals surface area (Å²) in [7, 11) is 0. The zero-order valence-corrected chi connectivity index (χ0v) is 8.78. The monoisotopic (exact) mass is 204 g/mol. The molecule has 2 nitrogen and oxygen atoms in total. The molecule has 0 bridgehead atoms. The molecule has 80 valence electrons. The molecule has 2 heteroatoms. The summed E-state index contributed by atoms with van der Waals surface area (Å²) in [5.41, 5.74) is 1.31. The van der Waals surface area contributed by atoms with Crippen molar-refractivity contribution < 1.29 is 9.90 Å². The topological polar surface area (TPSA) is 37.3 Å². The summed E-state index contributed by atoms with van der Waals surface area (Å²) in [6, 6.07) is 7.47. The number of hydrogen-bond donors (Lipinski definition) is 1. The largest absolute Gasteiger partial charge is 0.390 e. The number of hydrogen-bond acceptors (Lipinski definition) is 2. The average molecular weight is 204 g/mol. The van der Waals surface area contributed by atoms with Gasteiger partial charge in [0.2, 0.25) is 0 Å². The van der Waals surface area contributed by atoms with Gasteiger partial charge in [-0.05, 0) is 18.4 Å². The van der Waals surface area contributed by atoms with Crippen LogP contribution in [0.5, 0.6) is 0 Å². The fourth-order valence-electron chi connectivity index (χ4n) is 2.30. The molecule has 0 aromatic heterocycles. The molecule has 1 aliphatic rings. The van der Waals surface area contributed by atoms with Crippen LogP contribution in [-0.4, -0.2) is 17.0 Å². The van der Waals surface area contributed by atoms with E-state index < -0.39 is 5.60 Å². The normalized spacial score (nSPS) is 19.0. The number of carbonyl (C=O) groups is 1. The van der Waals surface area contributed by atoms with Gasteiger partial charge in [-0.2, -0.15) is 0 Å². The van der Waals surface area contributed by atoms with Crippen molar-refractivity contribution in [1.29, 1.82) is 0 Å². The SMILES string of the molecule is O=Cc1ccc(CC2(O)CCCC2)cc1. The summed E-state index contributed by atoms with van der Waals surface area (Å²) in [6.45, 7) is 0. The van der Waals surface area contributed by atoms with Crippen molar-refractivity contribution in [1.82, 2.24) is 0 Å². The maximum absolute atomic E-state index is 10.5. The molecule has 0 radical (unpaired) electrons. The Morgan fingerprint density at radius 1 is 1.20 bits per heavy atom. The molecule has 0 unspecified atom stereocenters. The Labute approximate surface area is 89.9 Å². The molecule has 1 fully saturated rings. The van der Waals surface area contributed by atoms with Gasteiger partial charge in [-0.25, -0.2) is 0 Å². The van der Waals surface area contributed by atoms with Gasteiger partial charge in [0.25, 0.3) is 0 Å². The standard InChI is InChI=1S/C13H16O2/c14-10-12-5-3-11(4-6-12)9-13(15)7-1-2-8-13/h3-6,10,15H,1-2,7-9H2. The van der Waals surface area contributed by atoms with E-state index in [2.05, 4.69) is 0 Å². The van der Waals surface area contributed by atoms with E-state index in [-0.39, 0.29) is 0 Å². The molecule has 1 saturated carbocycles. The predicted molar refractivity (Wildman–Crippen MR) is 59.0 cm³/mol. The van der Waals surface area contributed by atoms with Gasteiger partial charge >= 0.3 is 0 Å². The van der Waals surface area contributed by atoms with Gasteiger partial charge in [0.05, 0.1) is 5.60 Å². The van der Waals surface area contributed by atoms with Gasteiger partial charge in [0, 0.05) is 12.0 Å². The molecule has 0 heterocycles. The van der Waals surface area contributed by atoms with Crippen LogP contribution in [0.15, 0.2) is 24.3 Å². The van der Waals surface area contributed by atoms with Crippen molar-refractivity contribution in [3.8, 4) is 0 Å². The molecule has 0 saturated heterocycles. The van der Waals surface area contributed by atoms with Gasteiger partial charge in [-0.3, -0.25) is 4.79 Å². The molecule has 0 atom stereocenters. The smallest absolute Gasteiger partial charge is 0.150 e. The van der Waals surface area contributed by atoms with Crippen molar-refractivity contribution >= 4 is 6.29 Å². The van der Waals surface area contributed by atoms with Crippen LogP contribution in [0.25, 0.3) is 0 Å². The average Bonchev–Trinajstić information content (AvgIpc) is 2.66. The lowest BCUT2D eigenvalue weighted by Gasteiger charge is -2.21. The van der Waals surface area contributed by atoms with E-state index in [0.717, 1.165) is 37.5 Å². The van der Waals surface area contributed by atoms with Crippen molar-refractivity contribution in [2.75, 3.05) is 0 Å². The van der Waals surface area contributed by atoms with Gasteiger partial charge in [-0.1, -0.05) is 37.1 Å². The van der Waals surface area contributed by atoms with Crippen LogP contribution in [0.3, 0.4) is 0 Å². The molecule has 0 spiro atoms. The summed E-state index contributed by atoms with van der Waals surface area (Å²) in [4.78, 5) is 10.5. The molecular weight excluding hydrogens is 188 g/mol. The Morgan fingerprint density at radius 2 is 1.80 bits per heavy atom. The highest BCUT2D eigenvalue weighted by molar-refractivity contribution is 5.74. The fourth-order valence-corrected chi connectivity index (χ4v) is 2.30. The Hall–Kier alpha value is -1.15. The molecule has 15 heavy (non-hydrogen) atoms. The van der Waals surface area contributed by atoms with E-state index >= 15 is 0 Å². The van der Waals surface area contributed by atoms with Crippen LogP contribution >= 0.6 is 0 Å². The molecule has 2 rings (SSSR count). The van der Waals surface area contributed by atoms with Crippen LogP contribution in [0.1, 0.15) is 41.6 Å². The van der Waals surface area contributed by atoms with Crippen LogP contribution in [0.2, 0.25) is 0 Å². The lowest BCUT2D eigenvalue weighted by Crippen LogP contribution is -2.26. The number of aliphatic hydroxyl groups is 1. The van der Waals surface area contributed by atoms with E-state index in [4.69, 9.17) is 0 Å². The third-order valence-electron chi connectivity index (χ3n) is 3.18. The molecule has 1 aliphatic carbocycles. The molecule has 1 aromatic rings. The lowest BCUT2D eigenvalue weighted by molar-refractivity contribution is 0.0482. The van der Waals surface area contributed by atoms with E-state index in [1.165, 1.54) is 0 Å². The number of benzene rings is 1. The van der Waals surface area contributed by atoms with Gasteiger partial charge < -0.3 is 5.11 Å². The van der Waals surface area contributed by atoms with Gasteiger partial charge in [0.15, 0.2) is 0 Å². The first-order valence-corrected chi connectivity index (χ1v) is 5.48. The third kappa shape index (κ3) is 2.45. The Balaban J connectivity index is 2.07. The third-order valence-corrected chi connectivity index (χ3v) is 3.18.